The SMILES string of the molecule is C=CCn1c(SCCOc2cccc(Cl)c2)nc2ccccc2c1=O. The van der Waals surface area contributed by atoms with Crippen LogP contribution in [0.2, 0.25) is 5.02 Å². The topological polar surface area (TPSA) is 44.1 Å². The molecule has 0 atom stereocenters. The second-order valence-electron chi connectivity index (χ2n) is 5.27. The van der Waals surface area contributed by atoms with E-state index in [0.717, 1.165) is 5.75 Å². The zero-order chi connectivity index (χ0) is 17.6. The van der Waals surface area contributed by atoms with E-state index in [1.54, 1.807) is 28.8 Å². The third-order valence-electron chi connectivity index (χ3n) is 3.52. The molecule has 0 radical (unpaired) electrons. The van der Waals surface area contributed by atoms with E-state index in [-0.39, 0.29) is 5.56 Å². The van der Waals surface area contributed by atoms with Gasteiger partial charge in [-0.25, -0.2) is 4.98 Å². The Labute approximate surface area is 155 Å². The second kappa shape index (κ2) is 8.23. The number of thioether (sulfide) groups is 1. The molecule has 1 heterocycles. The van der Waals surface area contributed by atoms with Gasteiger partial charge in [0.15, 0.2) is 5.16 Å². The molecule has 0 N–H and O–H groups in total. The average molecular weight is 373 g/mol. The Morgan fingerprint density at radius 2 is 2.08 bits per heavy atom. The van der Waals surface area contributed by atoms with E-state index in [0.29, 0.717) is 40.0 Å². The lowest BCUT2D eigenvalue weighted by molar-refractivity contribution is 0.344. The smallest absolute Gasteiger partial charge is 0.262 e. The fraction of sp³-hybridized carbons (Fsp3) is 0.158. The van der Waals surface area contributed by atoms with Crippen molar-refractivity contribution in [3.8, 4) is 5.75 Å². The summed E-state index contributed by atoms with van der Waals surface area (Å²) >= 11 is 7.42. The van der Waals surface area contributed by atoms with Crippen LogP contribution in [-0.2, 0) is 6.54 Å². The normalized spacial score (nSPS) is 10.8. The van der Waals surface area contributed by atoms with Crippen molar-refractivity contribution in [1.29, 1.82) is 0 Å². The molecular weight excluding hydrogens is 356 g/mol. The van der Waals surface area contributed by atoms with Gasteiger partial charge in [0.05, 0.1) is 17.5 Å². The van der Waals surface area contributed by atoms with Crippen LogP contribution in [-0.4, -0.2) is 21.9 Å². The number of hydrogen-bond donors (Lipinski definition) is 0. The van der Waals surface area contributed by atoms with Gasteiger partial charge in [0.25, 0.3) is 5.56 Å². The van der Waals surface area contributed by atoms with Crippen LogP contribution in [0.15, 0.2) is 71.1 Å². The first-order valence-corrected chi connectivity index (χ1v) is 9.17. The van der Waals surface area contributed by atoms with Crippen LogP contribution < -0.4 is 10.3 Å². The molecule has 0 aliphatic heterocycles. The van der Waals surface area contributed by atoms with Crippen LogP contribution in [0, 0.1) is 0 Å². The molecule has 0 fully saturated rings. The second-order valence-corrected chi connectivity index (χ2v) is 6.77. The van der Waals surface area contributed by atoms with E-state index in [1.807, 2.05) is 30.3 Å². The molecular formula is C19H17ClN2O2S. The van der Waals surface area contributed by atoms with Crippen molar-refractivity contribution in [3.63, 3.8) is 0 Å². The minimum atomic E-state index is -0.0521. The highest BCUT2D eigenvalue weighted by molar-refractivity contribution is 7.99. The summed E-state index contributed by atoms with van der Waals surface area (Å²) in [7, 11) is 0. The van der Waals surface area contributed by atoms with Crippen molar-refractivity contribution in [1.82, 2.24) is 9.55 Å². The number of aromatic nitrogens is 2. The Kier molecular flexibility index (Phi) is 5.79. The summed E-state index contributed by atoms with van der Waals surface area (Å²) in [5.41, 5.74) is 0.648. The summed E-state index contributed by atoms with van der Waals surface area (Å²) in [6, 6.07) is 14.6. The Morgan fingerprint density at radius 1 is 1.24 bits per heavy atom. The monoisotopic (exact) mass is 372 g/mol. The molecule has 128 valence electrons. The van der Waals surface area contributed by atoms with Crippen LogP contribution >= 0.6 is 23.4 Å². The molecule has 0 unspecified atom stereocenters. The van der Waals surface area contributed by atoms with Gasteiger partial charge >= 0.3 is 0 Å². The highest BCUT2D eigenvalue weighted by Gasteiger charge is 2.10. The van der Waals surface area contributed by atoms with Gasteiger partial charge in [-0.1, -0.05) is 47.6 Å². The molecule has 0 spiro atoms. The Balaban J connectivity index is 1.75. The van der Waals surface area contributed by atoms with Crippen LogP contribution in [0.3, 0.4) is 0 Å². The van der Waals surface area contributed by atoms with Crippen molar-refractivity contribution in [3.05, 3.63) is 76.6 Å². The zero-order valence-electron chi connectivity index (χ0n) is 13.5. The first kappa shape index (κ1) is 17.6. The summed E-state index contributed by atoms with van der Waals surface area (Å²) in [6.07, 6.45) is 1.70. The van der Waals surface area contributed by atoms with Crippen molar-refractivity contribution in [2.24, 2.45) is 0 Å². The van der Waals surface area contributed by atoms with Gasteiger partial charge in [0, 0.05) is 17.3 Å². The van der Waals surface area contributed by atoms with Gasteiger partial charge < -0.3 is 4.74 Å². The maximum Gasteiger partial charge on any atom is 0.262 e. The quantitative estimate of drug-likeness (QED) is 0.267. The van der Waals surface area contributed by atoms with Crippen LogP contribution in [0.1, 0.15) is 0 Å². The Bertz CT molecular complexity index is 956. The average Bonchev–Trinajstić information content (AvgIpc) is 2.62. The lowest BCUT2D eigenvalue weighted by atomic mass is 10.2. The lowest BCUT2D eigenvalue weighted by Gasteiger charge is -2.12. The Morgan fingerprint density at radius 3 is 2.88 bits per heavy atom. The van der Waals surface area contributed by atoms with Gasteiger partial charge in [-0.3, -0.25) is 9.36 Å². The molecule has 25 heavy (non-hydrogen) atoms. The van der Waals surface area contributed by atoms with E-state index in [4.69, 9.17) is 16.3 Å². The van der Waals surface area contributed by atoms with Gasteiger partial charge in [-0.2, -0.15) is 0 Å². The molecule has 0 aliphatic rings. The Hall–Kier alpha value is -2.24. The molecule has 3 aromatic rings. The molecule has 0 saturated heterocycles. The highest BCUT2D eigenvalue weighted by atomic mass is 35.5. The van der Waals surface area contributed by atoms with Crippen molar-refractivity contribution >= 4 is 34.3 Å². The first-order valence-electron chi connectivity index (χ1n) is 7.80. The summed E-state index contributed by atoms with van der Waals surface area (Å²) in [6.45, 7) is 4.64. The highest BCUT2D eigenvalue weighted by Crippen LogP contribution is 2.20. The van der Waals surface area contributed by atoms with Crippen molar-refractivity contribution in [2.45, 2.75) is 11.7 Å². The summed E-state index contributed by atoms with van der Waals surface area (Å²) in [5, 5.41) is 1.92. The predicted octanol–water partition coefficient (Wildman–Crippen LogP) is 4.41. The molecule has 2 aromatic carbocycles. The van der Waals surface area contributed by atoms with Gasteiger partial charge in [0.2, 0.25) is 0 Å². The first-order chi connectivity index (χ1) is 12.2. The molecule has 0 bridgehead atoms. The fourth-order valence-electron chi connectivity index (χ4n) is 2.40. The number of rotatable bonds is 7. The number of para-hydroxylation sites is 1. The number of ether oxygens (including phenoxy) is 1. The predicted molar refractivity (Wildman–Crippen MR) is 104 cm³/mol. The molecule has 3 rings (SSSR count). The summed E-state index contributed by atoms with van der Waals surface area (Å²) < 4.78 is 7.32. The van der Waals surface area contributed by atoms with E-state index < -0.39 is 0 Å². The molecule has 6 heteroatoms. The van der Waals surface area contributed by atoms with Crippen LogP contribution in [0.4, 0.5) is 0 Å². The maximum absolute atomic E-state index is 12.6. The number of benzene rings is 2. The van der Waals surface area contributed by atoms with Crippen molar-refractivity contribution in [2.75, 3.05) is 12.4 Å². The molecule has 0 saturated carbocycles. The third-order valence-corrected chi connectivity index (χ3v) is 4.69. The van der Waals surface area contributed by atoms with Crippen molar-refractivity contribution < 1.29 is 4.74 Å². The number of allylic oxidation sites excluding steroid dienone is 1. The van der Waals surface area contributed by atoms with E-state index in [2.05, 4.69) is 11.6 Å². The molecule has 0 amide bonds. The van der Waals surface area contributed by atoms with Crippen LogP contribution in [0.25, 0.3) is 10.9 Å². The van der Waals surface area contributed by atoms with Gasteiger partial charge in [-0.05, 0) is 30.3 Å². The number of halogens is 1. The summed E-state index contributed by atoms with van der Waals surface area (Å²) in [4.78, 5) is 17.3. The zero-order valence-corrected chi connectivity index (χ0v) is 15.1. The number of nitrogens with zero attached hydrogens (tertiary/aromatic N) is 2. The lowest BCUT2D eigenvalue weighted by Crippen LogP contribution is -2.23. The third kappa shape index (κ3) is 4.24. The fourth-order valence-corrected chi connectivity index (χ4v) is 3.40. The number of hydrogen-bond acceptors (Lipinski definition) is 4. The maximum atomic E-state index is 12.6. The summed E-state index contributed by atoms with van der Waals surface area (Å²) in [5.74, 6) is 1.39. The number of fused-ring (bicyclic) bond motifs is 1. The van der Waals surface area contributed by atoms with E-state index in [9.17, 15) is 4.79 Å². The van der Waals surface area contributed by atoms with Crippen LogP contribution in [0.5, 0.6) is 5.75 Å². The van der Waals surface area contributed by atoms with E-state index in [1.165, 1.54) is 11.8 Å². The molecule has 1 aromatic heterocycles. The van der Waals surface area contributed by atoms with Gasteiger partial charge in [0.1, 0.15) is 5.75 Å². The molecule has 4 nitrogen and oxygen atoms in total. The minimum absolute atomic E-state index is 0.0521. The van der Waals surface area contributed by atoms with Gasteiger partial charge in [-0.15, -0.1) is 6.58 Å². The standard InChI is InChI=1S/C19H17ClN2O2S/c1-2-10-22-18(23)16-8-3-4-9-17(16)21-19(22)25-12-11-24-15-7-5-6-14(20)13-15/h2-9,13H,1,10-12H2. The van der Waals surface area contributed by atoms with E-state index >= 15 is 0 Å². The minimum Gasteiger partial charge on any atom is -0.493 e. The molecule has 0 aliphatic carbocycles. The largest absolute Gasteiger partial charge is 0.493 e.